The highest BCUT2D eigenvalue weighted by Gasteiger charge is 2.22. The van der Waals surface area contributed by atoms with E-state index < -0.39 is 21.9 Å². The van der Waals surface area contributed by atoms with Crippen LogP contribution in [0.2, 0.25) is 0 Å². The van der Waals surface area contributed by atoms with Crippen molar-refractivity contribution in [2.45, 2.75) is 17.9 Å². The summed E-state index contributed by atoms with van der Waals surface area (Å²) in [6.45, 7) is 1.64. The average molecular weight is 467 g/mol. The Balaban J connectivity index is 2.29. The van der Waals surface area contributed by atoms with Crippen molar-refractivity contribution in [1.29, 1.82) is 0 Å². The maximum absolute atomic E-state index is 13.8. The number of nitrogens with one attached hydrogen (secondary N) is 1. The molecule has 0 bridgehead atoms. The van der Waals surface area contributed by atoms with Crippen LogP contribution in [0.5, 0.6) is 5.75 Å². The first kappa shape index (κ1) is 18.4. The SMILES string of the molecule is COc1ccc(C(C)NS(=O)(=O)c2cc(Br)ccc2Br)cc1F. The van der Waals surface area contributed by atoms with Gasteiger partial charge in [-0.15, -0.1) is 0 Å². The second-order valence-electron chi connectivity index (χ2n) is 4.81. The number of halogens is 3. The van der Waals surface area contributed by atoms with E-state index in [9.17, 15) is 12.8 Å². The van der Waals surface area contributed by atoms with Crippen molar-refractivity contribution in [3.05, 3.63) is 56.7 Å². The van der Waals surface area contributed by atoms with Gasteiger partial charge in [0.2, 0.25) is 10.0 Å². The summed E-state index contributed by atoms with van der Waals surface area (Å²) < 4.78 is 47.3. The third kappa shape index (κ3) is 4.32. The van der Waals surface area contributed by atoms with E-state index in [1.165, 1.54) is 25.3 Å². The lowest BCUT2D eigenvalue weighted by Gasteiger charge is -2.16. The molecule has 2 rings (SSSR count). The monoisotopic (exact) mass is 465 g/mol. The molecule has 1 N–H and O–H groups in total. The minimum Gasteiger partial charge on any atom is -0.494 e. The Morgan fingerprint density at radius 3 is 2.48 bits per heavy atom. The van der Waals surface area contributed by atoms with Gasteiger partial charge in [-0.3, -0.25) is 0 Å². The number of hydrogen-bond acceptors (Lipinski definition) is 3. The summed E-state index contributed by atoms with van der Waals surface area (Å²) in [6.07, 6.45) is 0. The van der Waals surface area contributed by atoms with Gasteiger partial charge in [-0.2, -0.15) is 0 Å². The standard InChI is InChI=1S/C15H14Br2FNO3S/c1-9(10-3-6-14(22-2)13(18)7-10)19-23(20,21)15-8-11(16)4-5-12(15)17/h3-9,19H,1-2H3. The van der Waals surface area contributed by atoms with Crippen molar-refractivity contribution >= 4 is 41.9 Å². The van der Waals surface area contributed by atoms with E-state index in [0.29, 0.717) is 14.5 Å². The van der Waals surface area contributed by atoms with Gasteiger partial charge < -0.3 is 4.74 Å². The minimum absolute atomic E-state index is 0.104. The van der Waals surface area contributed by atoms with E-state index in [1.54, 1.807) is 25.1 Å². The molecule has 4 nitrogen and oxygen atoms in total. The Hall–Kier alpha value is -0.960. The molecule has 1 unspecified atom stereocenters. The van der Waals surface area contributed by atoms with Crippen LogP contribution in [0.3, 0.4) is 0 Å². The molecule has 0 radical (unpaired) electrons. The molecule has 0 saturated heterocycles. The molecule has 0 amide bonds. The molecule has 0 aliphatic rings. The van der Waals surface area contributed by atoms with Crippen LogP contribution in [0, 0.1) is 5.82 Å². The fraction of sp³-hybridized carbons (Fsp3) is 0.200. The number of sulfonamides is 1. The quantitative estimate of drug-likeness (QED) is 0.710. The second kappa shape index (κ2) is 7.29. The zero-order valence-electron chi connectivity index (χ0n) is 12.3. The first-order valence-electron chi connectivity index (χ1n) is 6.55. The number of rotatable bonds is 5. The molecular formula is C15H14Br2FNO3S. The van der Waals surface area contributed by atoms with Gasteiger partial charge in [-0.25, -0.2) is 17.5 Å². The highest BCUT2D eigenvalue weighted by Crippen LogP contribution is 2.28. The van der Waals surface area contributed by atoms with Crippen molar-refractivity contribution in [2.24, 2.45) is 0 Å². The molecule has 124 valence electrons. The summed E-state index contributed by atoms with van der Waals surface area (Å²) in [5.74, 6) is -0.432. The lowest BCUT2D eigenvalue weighted by molar-refractivity contribution is 0.386. The Morgan fingerprint density at radius 1 is 1.17 bits per heavy atom. The molecule has 23 heavy (non-hydrogen) atoms. The molecule has 0 aliphatic carbocycles. The fourth-order valence-corrected chi connectivity index (χ4v) is 4.73. The predicted octanol–water partition coefficient (Wildman–Crippen LogP) is 4.40. The zero-order chi connectivity index (χ0) is 17.2. The van der Waals surface area contributed by atoms with E-state index in [0.717, 1.165) is 0 Å². The maximum Gasteiger partial charge on any atom is 0.242 e. The lowest BCUT2D eigenvalue weighted by Crippen LogP contribution is -2.27. The van der Waals surface area contributed by atoms with E-state index in [1.807, 2.05) is 0 Å². The van der Waals surface area contributed by atoms with Gasteiger partial charge in [0.1, 0.15) is 0 Å². The fourth-order valence-electron chi connectivity index (χ4n) is 2.00. The van der Waals surface area contributed by atoms with E-state index >= 15 is 0 Å². The number of methoxy groups -OCH3 is 1. The van der Waals surface area contributed by atoms with Crippen LogP contribution in [0.4, 0.5) is 4.39 Å². The molecule has 0 heterocycles. The van der Waals surface area contributed by atoms with E-state index in [4.69, 9.17) is 4.74 Å². The van der Waals surface area contributed by atoms with Gasteiger partial charge in [0, 0.05) is 15.0 Å². The van der Waals surface area contributed by atoms with Gasteiger partial charge >= 0.3 is 0 Å². The van der Waals surface area contributed by atoms with Gasteiger partial charge in [0.25, 0.3) is 0 Å². The summed E-state index contributed by atoms with van der Waals surface area (Å²) in [5, 5.41) is 0. The summed E-state index contributed by atoms with van der Waals surface area (Å²) in [6, 6.07) is 8.58. The molecular weight excluding hydrogens is 453 g/mol. The molecule has 2 aromatic rings. The molecule has 0 aromatic heterocycles. The molecule has 2 aromatic carbocycles. The number of hydrogen-bond donors (Lipinski definition) is 1. The lowest BCUT2D eigenvalue weighted by atomic mass is 10.1. The highest BCUT2D eigenvalue weighted by atomic mass is 79.9. The average Bonchev–Trinajstić information content (AvgIpc) is 2.49. The summed E-state index contributed by atoms with van der Waals surface area (Å²) >= 11 is 6.48. The van der Waals surface area contributed by atoms with Crippen molar-refractivity contribution < 1.29 is 17.5 Å². The van der Waals surface area contributed by atoms with E-state index in [2.05, 4.69) is 36.6 Å². The van der Waals surface area contributed by atoms with Crippen LogP contribution >= 0.6 is 31.9 Å². The van der Waals surface area contributed by atoms with Crippen molar-refractivity contribution in [1.82, 2.24) is 4.72 Å². The minimum atomic E-state index is -3.77. The molecule has 8 heteroatoms. The Morgan fingerprint density at radius 2 is 1.87 bits per heavy atom. The molecule has 0 spiro atoms. The predicted molar refractivity (Wildman–Crippen MR) is 93.5 cm³/mol. The topological polar surface area (TPSA) is 55.4 Å². The van der Waals surface area contributed by atoms with Crippen molar-refractivity contribution in [3.8, 4) is 5.75 Å². The molecule has 0 saturated carbocycles. The Bertz CT molecular complexity index is 827. The molecule has 0 fully saturated rings. The first-order valence-corrected chi connectivity index (χ1v) is 9.62. The van der Waals surface area contributed by atoms with Crippen LogP contribution in [0.25, 0.3) is 0 Å². The van der Waals surface area contributed by atoms with Crippen LogP contribution < -0.4 is 9.46 Å². The Kier molecular flexibility index (Phi) is 5.83. The third-order valence-corrected chi connectivity index (χ3v) is 6.22. The summed E-state index contributed by atoms with van der Waals surface area (Å²) in [7, 11) is -2.40. The largest absolute Gasteiger partial charge is 0.494 e. The van der Waals surface area contributed by atoms with Gasteiger partial charge in [-0.1, -0.05) is 22.0 Å². The third-order valence-electron chi connectivity index (χ3n) is 3.19. The smallest absolute Gasteiger partial charge is 0.242 e. The van der Waals surface area contributed by atoms with Crippen LogP contribution in [0.15, 0.2) is 50.2 Å². The van der Waals surface area contributed by atoms with Crippen molar-refractivity contribution in [3.63, 3.8) is 0 Å². The van der Waals surface area contributed by atoms with Crippen LogP contribution in [-0.4, -0.2) is 15.5 Å². The number of ether oxygens (including phenoxy) is 1. The first-order chi connectivity index (χ1) is 10.7. The maximum atomic E-state index is 13.8. The summed E-state index contributed by atoms with van der Waals surface area (Å²) in [4.78, 5) is 0.104. The summed E-state index contributed by atoms with van der Waals surface area (Å²) in [5.41, 5.74) is 0.498. The normalized spacial score (nSPS) is 12.9. The van der Waals surface area contributed by atoms with Crippen LogP contribution in [-0.2, 0) is 10.0 Å². The highest BCUT2D eigenvalue weighted by molar-refractivity contribution is 9.11. The molecule has 0 aliphatic heterocycles. The van der Waals surface area contributed by atoms with Gasteiger partial charge in [0.05, 0.1) is 12.0 Å². The van der Waals surface area contributed by atoms with Crippen molar-refractivity contribution in [2.75, 3.05) is 7.11 Å². The zero-order valence-corrected chi connectivity index (χ0v) is 16.3. The van der Waals surface area contributed by atoms with Gasteiger partial charge in [0.15, 0.2) is 11.6 Å². The molecule has 1 atom stereocenters. The van der Waals surface area contributed by atoms with E-state index in [-0.39, 0.29) is 10.6 Å². The Labute approximate surface area is 151 Å². The second-order valence-corrected chi connectivity index (χ2v) is 8.26. The van der Waals surface area contributed by atoms with Crippen LogP contribution in [0.1, 0.15) is 18.5 Å². The van der Waals surface area contributed by atoms with Gasteiger partial charge in [-0.05, 0) is 58.7 Å². The number of benzene rings is 2.